The van der Waals surface area contributed by atoms with Crippen molar-refractivity contribution in [2.24, 2.45) is 0 Å². The van der Waals surface area contributed by atoms with E-state index in [1.807, 2.05) is 71.9 Å². The Labute approximate surface area is 157 Å². The van der Waals surface area contributed by atoms with Crippen LogP contribution in [0.5, 0.6) is 5.75 Å². The Balaban J connectivity index is 2.21. The van der Waals surface area contributed by atoms with Crippen LogP contribution in [0.15, 0.2) is 42.5 Å². The lowest BCUT2D eigenvalue weighted by Crippen LogP contribution is -2.07. The molecule has 0 aliphatic heterocycles. The zero-order valence-electron chi connectivity index (χ0n) is 12.2. The van der Waals surface area contributed by atoms with Gasteiger partial charge < -0.3 is 10.0 Å². The average molecular weight is 519 g/mol. The second-order valence-corrected chi connectivity index (χ2v) is 7.38. The van der Waals surface area contributed by atoms with Gasteiger partial charge in [0.25, 0.3) is 0 Å². The van der Waals surface area contributed by atoms with Crippen molar-refractivity contribution in [2.45, 2.75) is 0 Å². The summed E-state index contributed by atoms with van der Waals surface area (Å²) in [6.45, 7) is 0. The van der Waals surface area contributed by atoms with E-state index in [4.69, 9.17) is 0 Å². The van der Waals surface area contributed by atoms with Gasteiger partial charge in [0.05, 0.1) is 9.13 Å². The van der Waals surface area contributed by atoms with Crippen LogP contribution in [0.2, 0.25) is 0 Å². The van der Waals surface area contributed by atoms with Gasteiger partial charge in [0.2, 0.25) is 0 Å². The fourth-order valence-electron chi connectivity index (χ4n) is 1.90. The number of hydrogen-bond donors (Lipinski definition) is 1. The number of carbonyl (C=O) groups is 1. The number of carbonyl (C=O) groups excluding carboxylic acids is 1. The maximum atomic E-state index is 12.3. The Morgan fingerprint density at radius 1 is 1.14 bits per heavy atom. The van der Waals surface area contributed by atoms with Gasteiger partial charge in [-0.25, -0.2) is 0 Å². The number of hydrogen-bond acceptors (Lipinski definition) is 3. The van der Waals surface area contributed by atoms with Crippen LogP contribution < -0.4 is 4.90 Å². The third-order valence-electron chi connectivity index (χ3n) is 3.13. The van der Waals surface area contributed by atoms with E-state index in [1.54, 1.807) is 12.1 Å². The maximum Gasteiger partial charge on any atom is 0.189 e. The molecule has 0 aliphatic carbocycles. The molecule has 0 atom stereocenters. The van der Waals surface area contributed by atoms with Gasteiger partial charge in [-0.1, -0.05) is 18.2 Å². The fraction of sp³-hybridized carbons (Fsp3) is 0.118. The summed E-state index contributed by atoms with van der Waals surface area (Å²) < 4.78 is 1.60. The highest BCUT2D eigenvalue weighted by atomic mass is 127. The molecule has 0 aromatic heterocycles. The molecule has 22 heavy (non-hydrogen) atoms. The van der Waals surface area contributed by atoms with Gasteiger partial charge in [-0.2, -0.15) is 0 Å². The molecule has 0 saturated carbocycles. The maximum absolute atomic E-state index is 12.3. The van der Waals surface area contributed by atoms with Gasteiger partial charge in [-0.05, 0) is 81.1 Å². The van der Waals surface area contributed by atoms with Crippen LogP contribution in [0.1, 0.15) is 15.9 Å². The topological polar surface area (TPSA) is 40.5 Å². The molecule has 0 aliphatic rings. The predicted octanol–water partition coefficient (Wildman–Crippen LogP) is 4.56. The van der Waals surface area contributed by atoms with Crippen LogP contribution in [-0.2, 0) is 0 Å². The molecule has 2 aromatic carbocycles. The normalized spacial score (nSPS) is 10.9. The summed E-state index contributed by atoms with van der Waals surface area (Å²) in [4.78, 5) is 14.3. The van der Waals surface area contributed by atoms with Crippen molar-refractivity contribution < 1.29 is 9.90 Å². The van der Waals surface area contributed by atoms with Crippen LogP contribution in [0, 0.1) is 7.14 Å². The smallest absolute Gasteiger partial charge is 0.189 e. The van der Waals surface area contributed by atoms with Crippen LogP contribution in [0.25, 0.3) is 6.08 Å². The van der Waals surface area contributed by atoms with E-state index in [0.717, 1.165) is 14.8 Å². The fourth-order valence-corrected chi connectivity index (χ4v) is 3.74. The number of anilines is 1. The van der Waals surface area contributed by atoms with Crippen LogP contribution in [-0.4, -0.2) is 25.0 Å². The minimum atomic E-state index is -0.203. The van der Waals surface area contributed by atoms with Gasteiger partial charge in [0, 0.05) is 23.4 Å². The third-order valence-corrected chi connectivity index (χ3v) is 4.58. The first-order chi connectivity index (χ1) is 10.4. The molecule has 0 unspecified atom stereocenters. The SMILES string of the molecule is CN(C)c1ccc(/C=C/C(=O)c2cc(I)cc(I)c2O)cc1. The molecule has 0 spiro atoms. The number of aromatic hydroxyl groups is 1. The predicted molar refractivity (Wildman–Crippen MR) is 108 cm³/mol. The van der Waals surface area contributed by atoms with Crippen LogP contribution >= 0.6 is 45.2 Å². The van der Waals surface area contributed by atoms with Crippen LogP contribution in [0.4, 0.5) is 5.69 Å². The van der Waals surface area contributed by atoms with Crippen LogP contribution in [0.3, 0.4) is 0 Å². The molecule has 0 heterocycles. The first kappa shape index (κ1) is 17.3. The summed E-state index contributed by atoms with van der Waals surface area (Å²) in [5, 5.41) is 10.0. The van der Waals surface area contributed by atoms with Gasteiger partial charge >= 0.3 is 0 Å². The summed E-state index contributed by atoms with van der Waals surface area (Å²) in [6.07, 6.45) is 3.25. The van der Waals surface area contributed by atoms with Crippen molar-refractivity contribution in [3.8, 4) is 5.75 Å². The lowest BCUT2D eigenvalue weighted by Gasteiger charge is -2.11. The van der Waals surface area contributed by atoms with Gasteiger partial charge in [0.15, 0.2) is 5.78 Å². The highest BCUT2D eigenvalue weighted by molar-refractivity contribution is 14.1. The van der Waals surface area contributed by atoms with Gasteiger partial charge in [-0.15, -0.1) is 0 Å². The quantitative estimate of drug-likeness (QED) is 0.366. The van der Waals surface area contributed by atoms with Crippen molar-refractivity contribution in [1.29, 1.82) is 0 Å². The van der Waals surface area contributed by atoms with E-state index < -0.39 is 0 Å². The zero-order valence-corrected chi connectivity index (χ0v) is 16.5. The summed E-state index contributed by atoms with van der Waals surface area (Å²) in [7, 11) is 3.96. The van der Waals surface area contributed by atoms with E-state index in [9.17, 15) is 9.90 Å². The van der Waals surface area contributed by atoms with E-state index in [2.05, 4.69) is 22.6 Å². The Morgan fingerprint density at radius 3 is 2.36 bits per heavy atom. The van der Waals surface area contributed by atoms with Crippen molar-refractivity contribution in [3.05, 3.63) is 60.7 Å². The molecule has 2 aromatic rings. The molecule has 0 fully saturated rings. The molecule has 3 nitrogen and oxygen atoms in total. The van der Waals surface area contributed by atoms with Gasteiger partial charge in [0.1, 0.15) is 5.75 Å². The van der Waals surface area contributed by atoms with Crippen molar-refractivity contribution in [2.75, 3.05) is 19.0 Å². The number of phenols is 1. The Morgan fingerprint density at radius 2 is 1.77 bits per heavy atom. The van der Waals surface area contributed by atoms with E-state index in [1.165, 1.54) is 6.08 Å². The minimum Gasteiger partial charge on any atom is -0.506 e. The van der Waals surface area contributed by atoms with Crippen molar-refractivity contribution in [1.82, 2.24) is 0 Å². The molecular formula is C17H15I2NO2. The molecule has 0 amide bonds. The van der Waals surface area contributed by atoms with Crippen molar-refractivity contribution >= 4 is 62.7 Å². The molecular weight excluding hydrogens is 504 g/mol. The van der Waals surface area contributed by atoms with Gasteiger partial charge in [-0.3, -0.25) is 4.79 Å². The zero-order chi connectivity index (χ0) is 16.3. The number of phenolic OH excluding ortho intramolecular Hbond substituents is 1. The number of halogens is 2. The second-order valence-electron chi connectivity index (χ2n) is 4.97. The molecule has 2 rings (SSSR count). The lowest BCUT2D eigenvalue weighted by atomic mass is 10.1. The van der Waals surface area contributed by atoms with Crippen molar-refractivity contribution in [3.63, 3.8) is 0 Å². The summed E-state index contributed by atoms with van der Waals surface area (Å²) in [5.41, 5.74) is 2.38. The highest BCUT2D eigenvalue weighted by Crippen LogP contribution is 2.27. The number of nitrogens with zero attached hydrogens (tertiary/aromatic N) is 1. The molecule has 0 bridgehead atoms. The first-order valence-corrected chi connectivity index (χ1v) is 8.72. The minimum absolute atomic E-state index is 0.0404. The largest absolute Gasteiger partial charge is 0.506 e. The summed E-state index contributed by atoms with van der Waals surface area (Å²) >= 11 is 4.16. The Hall–Kier alpha value is -1.09. The van der Waals surface area contributed by atoms with E-state index in [0.29, 0.717) is 9.13 Å². The summed E-state index contributed by atoms with van der Waals surface area (Å²) in [5.74, 6) is -0.163. The Kier molecular flexibility index (Phi) is 5.85. The monoisotopic (exact) mass is 519 g/mol. The average Bonchev–Trinajstić information content (AvgIpc) is 2.48. The number of benzene rings is 2. The molecule has 5 heteroatoms. The molecule has 114 valence electrons. The standard InChI is InChI=1S/C17H15I2NO2/c1-20(2)13-6-3-11(4-7-13)5-8-16(21)14-9-12(18)10-15(19)17(14)22/h3-10,22H,1-2H3/b8-5+. The third kappa shape index (κ3) is 4.22. The molecule has 0 radical (unpaired) electrons. The number of rotatable bonds is 4. The Bertz CT molecular complexity index is 722. The van der Waals surface area contributed by atoms with E-state index in [-0.39, 0.29) is 11.5 Å². The molecule has 0 saturated heterocycles. The summed E-state index contributed by atoms with van der Waals surface area (Å²) in [6, 6.07) is 11.4. The second kappa shape index (κ2) is 7.45. The highest BCUT2D eigenvalue weighted by Gasteiger charge is 2.12. The molecule has 1 N–H and O–H groups in total. The number of ketones is 1. The van der Waals surface area contributed by atoms with E-state index >= 15 is 0 Å². The lowest BCUT2D eigenvalue weighted by molar-refractivity contribution is 0.104. The number of allylic oxidation sites excluding steroid dienone is 1. The first-order valence-electron chi connectivity index (χ1n) is 6.56.